The van der Waals surface area contributed by atoms with Crippen molar-refractivity contribution >= 4 is 0 Å². The first kappa shape index (κ1) is 15.0. The van der Waals surface area contributed by atoms with Crippen molar-refractivity contribution in [3.63, 3.8) is 0 Å². The molecule has 1 N–H and O–H groups in total. The molecule has 1 unspecified atom stereocenters. The van der Waals surface area contributed by atoms with Gasteiger partial charge in [0.25, 0.3) is 0 Å². The van der Waals surface area contributed by atoms with Crippen LogP contribution in [0.25, 0.3) is 0 Å². The summed E-state index contributed by atoms with van der Waals surface area (Å²) >= 11 is 0. The molecule has 1 rings (SSSR count). The zero-order chi connectivity index (χ0) is 12.7. The Balaban J connectivity index is 2.29. The van der Waals surface area contributed by atoms with E-state index >= 15 is 0 Å². The maximum Gasteiger partial charge on any atom is 0.0598 e. The third kappa shape index (κ3) is 6.42. The van der Waals surface area contributed by atoms with E-state index in [1.54, 1.807) is 0 Å². The van der Waals surface area contributed by atoms with Crippen molar-refractivity contribution in [1.82, 2.24) is 5.32 Å². The predicted molar refractivity (Wildman–Crippen MR) is 74.3 cm³/mol. The molecular formula is C15H31NO. The molecule has 1 saturated carbocycles. The van der Waals surface area contributed by atoms with Gasteiger partial charge in [0.1, 0.15) is 0 Å². The van der Waals surface area contributed by atoms with E-state index in [2.05, 4.69) is 33.0 Å². The molecule has 1 aliphatic rings. The Kier molecular flexibility index (Phi) is 6.50. The van der Waals surface area contributed by atoms with E-state index in [0.717, 1.165) is 25.0 Å². The average Bonchev–Trinajstić information content (AvgIpc) is 2.74. The number of nitrogens with one attached hydrogen (secondary N) is 1. The normalized spacial score (nSPS) is 19.8. The van der Waals surface area contributed by atoms with Crippen LogP contribution in [0.15, 0.2) is 0 Å². The van der Waals surface area contributed by atoms with Gasteiger partial charge in [-0.25, -0.2) is 0 Å². The van der Waals surface area contributed by atoms with Gasteiger partial charge < -0.3 is 10.1 Å². The van der Waals surface area contributed by atoms with Crippen molar-refractivity contribution in [2.75, 3.05) is 19.7 Å². The molecule has 0 radical (unpaired) electrons. The highest BCUT2D eigenvalue weighted by Gasteiger charge is 2.24. The highest BCUT2D eigenvalue weighted by Crippen LogP contribution is 2.33. The van der Waals surface area contributed by atoms with Crippen LogP contribution in [0.2, 0.25) is 0 Å². The average molecular weight is 241 g/mol. The lowest BCUT2D eigenvalue weighted by Gasteiger charge is -2.26. The summed E-state index contributed by atoms with van der Waals surface area (Å²) in [5, 5.41) is 3.52. The summed E-state index contributed by atoms with van der Waals surface area (Å²) in [5.41, 5.74) is 0.0123. The molecule has 0 saturated heterocycles. The lowest BCUT2D eigenvalue weighted by atomic mass is 9.88. The van der Waals surface area contributed by atoms with Gasteiger partial charge in [-0.15, -0.1) is 0 Å². The SMILES string of the molecule is CCNCC(CCOC(C)(C)C)C1CCCC1. The molecule has 0 spiro atoms. The number of ether oxygens (including phenoxy) is 1. The van der Waals surface area contributed by atoms with Gasteiger partial charge in [0, 0.05) is 6.61 Å². The van der Waals surface area contributed by atoms with Crippen LogP contribution in [0.4, 0.5) is 0 Å². The quantitative estimate of drug-likeness (QED) is 0.735. The zero-order valence-electron chi connectivity index (χ0n) is 12.2. The van der Waals surface area contributed by atoms with Gasteiger partial charge in [0.2, 0.25) is 0 Å². The number of rotatable bonds is 7. The largest absolute Gasteiger partial charge is 0.376 e. The molecule has 1 aliphatic carbocycles. The Bertz CT molecular complexity index is 192. The van der Waals surface area contributed by atoms with E-state index in [0.29, 0.717) is 0 Å². The molecular weight excluding hydrogens is 210 g/mol. The molecule has 1 fully saturated rings. The molecule has 0 aromatic heterocycles. The van der Waals surface area contributed by atoms with E-state index in [1.807, 2.05) is 0 Å². The topological polar surface area (TPSA) is 21.3 Å². The Morgan fingerprint density at radius 1 is 1.24 bits per heavy atom. The number of hydrogen-bond donors (Lipinski definition) is 1. The summed E-state index contributed by atoms with van der Waals surface area (Å²) in [5.74, 6) is 1.76. The summed E-state index contributed by atoms with van der Waals surface area (Å²) in [6, 6.07) is 0. The van der Waals surface area contributed by atoms with Crippen molar-refractivity contribution < 1.29 is 4.74 Å². The van der Waals surface area contributed by atoms with Crippen LogP contribution in [-0.2, 0) is 4.74 Å². The third-order valence-corrected chi connectivity index (χ3v) is 3.75. The first-order valence-corrected chi connectivity index (χ1v) is 7.37. The van der Waals surface area contributed by atoms with Gasteiger partial charge in [-0.1, -0.05) is 32.6 Å². The van der Waals surface area contributed by atoms with Gasteiger partial charge in [-0.3, -0.25) is 0 Å². The molecule has 0 bridgehead atoms. The Morgan fingerprint density at radius 3 is 2.41 bits per heavy atom. The maximum absolute atomic E-state index is 5.87. The second-order valence-electron chi connectivity index (χ2n) is 6.36. The highest BCUT2D eigenvalue weighted by atomic mass is 16.5. The van der Waals surface area contributed by atoms with Crippen LogP contribution < -0.4 is 5.32 Å². The fraction of sp³-hybridized carbons (Fsp3) is 1.00. The second-order valence-corrected chi connectivity index (χ2v) is 6.36. The van der Waals surface area contributed by atoms with Crippen molar-refractivity contribution in [1.29, 1.82) is 0 Å². The molecule has 0 aromatic rings. The lowest BCUT2D eigenvalue weighted by molar-refractivity contribution is -0.0121. The zero-order valence-corrected chi connectivity index (χ0v) is 12.2. The van der Waals surface area contributed by atoms with Crippen LogP contribution in [0.1, 0.15) is 59.8 Å². The van der Waals surface area contributed by atoms with Crippen LogP contribution in [-0.4, -0.2) is 25.3 Å². The number of hydrogen-bond acceptors (Lipinski definition) is 2. The van der Waals surface area contributed by atoms with E-state index in [1.165, 1.54) is 38.6 Å². The van der Waals surface area contributed by atoms with Crippen molar-refractivity contribution in [3.05, 3.63) is 0 Å². The smallest absolute Gasteiger partial charge is 0.0598 e. The van der Waals surface area contributed by atoms with E-state index in [9.17, 15) is 0 Å². The fourth-order valence-corrected chi connectivity index (χ4v) is 2.78. The minimum atomic E-state index is 0.0123. The molecule has 0 aromatic carbocycles. The van der Waals surface area contributed by atoms with Gasteiger partial charge in [-0.2, -0.15) is 0 Å². The molecule has 0 aliphatic heterocycles. The van der Waals surface area contributed by atoms with Crippen LogP contribution in [0, 0.1) is 11.8 Å². The van der Waals surface area contributed by atoms with Gasteiger partial charge in [0.15, 0.2) is 0 Å². The second kappa shape index (κ2) is 7.38. The van der Waals surface area contributed by atoms with Gasteiger partial charge in [0.05, 0.1) is 5.60 Å². The minimum Gasteiger partial charge on any atom is -0.376 e. The first-order valence-electron chi connectivity index (χ1n) is 7.37. The molecule has 2 nitrogen and oxygen atoms in total. The summed E-state index contributed by atoms with van der Waals surface area (Å²) < 4.78 is 5.87. The van der Waals surface area contributed by atoms with Crippen molar-refractivity contribution in [2.45, 2.75) is 65.4 Å². The van der Waals surface area contributed by atoms with E-state index in [4.69, 9.17) is 4.74 Å². The monoisotopic (exact) mass is 241 g/mol. The van der Waals surface area contributed by atoms with E-state index in [-0.39, 0.29) is 5.60 Å². The van der Waals surface area contributed by atoms with Gasteiger partial charge in [-0.05, 0) is 52.1 Å². The Hall–Kier alpha value is -0.0800. The van der Waals surface area contributed by atoms with Crippen molar-refractivity contribution in [2.24, 2.45) is 11.8 Å². The Labute approximate surface area is 108 Å². The maximum atomic E-state index is 5.87. The molecule has 0 heterocycles. The fourth-order valence-electron chi connectivity index (χ4n) is 2.78. The standard InChI is InChI=1S/C15H31NO/c1-5-16-12-14(13-8-6-7-9-13)10-11-17-15(2,3)4/h13-14,16H,5-12H2,1-4H3. The molecule has 2 heteroatoms. The Morgan fingerprint density at radius 2 is 1.88 bits per heavy atom. The highest BCUT2D eigenvalue weighted by molar-refractivity contribution is 4.77. The summed E-state index contributed by atoms with van der Waals surface area (Å²) in [6.45, 7) is 11.8. The minimum absolute atomic E-state index is 0.0123. The molecule has 1 atom stereocenters. The summed E-state index contributed by atoms with van der Waals surface area (Å²) in [4.78, 5) is 0. The molecule has 102 valence electrons. The summed E-state index contributed by atoms with van der Waals surface area (Å²) in [6.07, 6.45) is 6.97. The predicted octanol–water partition coefficient (Wildman–Crippen LogP) is 3.61. The molecule has 0 amide bonds. The van der Waals surface area contributed by atoms with E-state index < -0.39 is 0 Å². The molecule has 17 heavy (non-hydrogen) atoms. The van der Waals surface area contributed by atoms with Crippen LogP contribution in [0.5, 0.6) is 0 Å². The summed E-state index contributed by atoms with van der Waals surface area (Å²) in [7, 11) is 0. The van der Waals surface area contributed by atoms with Crippen LogP contribution in [0.3, 0.4) is 0 Å². The first-order chi connectivity index (χ1) is 8.03. The van der Waals surface area contributed by atoms with Crippen LogP contribution >= 0.6 is 0 Å². The van der Waals surface area contributed by atoms with Gasteiger partial charge >= 0.3 is 0 Å². The lowest BCUT2D eigenvalue weighted by Crippen LogP contribution is -2.29. The van der Waals surface area contributed by atoms with Crippen molar-refractivity contribution in [3.8, 4) is 0 Å². The third-order valence-electron chi connectivity index (χ3n) is 3.75.